The Hall–Kier alpha value is -0.0400. The molecule has 0 aromatic rings. The Balaban J connectivity index is 3.29. The van der Waals surface area contributed by atoms with Crippen molar-refractivity contribution in [2.24, 2.45) is 0 Å². The van der Waals surface area contributed by atoms with Crippen LogP contribution in [0.4, 0.5) is 0 Å². The molecule has 1 nitrogen and oxygen atoms in total. The maximum Gasteiger partial charge on any atom is 0.00640 e. The summed E-state index contributed by atoms with van der Waals surface area (Å²) in [6.45, 7) is 4.59. The number of nitrogens with one attached hydrogen (secondary N) is 1. The van der Waals surface area contributed by atoms with E-state index in [-0.39, 0.29) is 0 Å². The Kier molecular flexibility index (Phi) is 19.0. The van der Waals surface area contributed by atoms with Gasteiger partial charge in [0.1, 0.15) is 0 Å². The van der Waals surface area contributed by atoms with Crippen LogP contribution in [0.2, 0.25) is 0 Å². The van der Waals surface area contributed by atoms with Crippen molar-refractivity contribution in [2.45, 2.75) is 129 Å². The lowest BCUT2D eigenvalue weighted by atomic mass is 10.00. The van der Waals surface area contributed by atoms with Crippen molar-refractivity contribution in [3.8, 4) is 0 Å². The Bertz CT molecular complexity index is 190. The molecule has 134 valence electrons. The lowest BCUT2D eigenvalue weighted by molar-refractivity contribution is 0.435. The molecular weight excluding hydrogens is 266 g/mol. The molecule has 22 heavy (non-hydrogen) atoms. The van der Waals surface area contributed by atoms with Gasteiger partial charge >= 0.3 is 0 Å². The third-order valence-corrected chi connectivity index (χ3v) is 4.97. The molecule has 1 heteroatoms. The van der Waals surface area contributed by atoms with Gasteiger partial charge in [0, 0.05) is 6.04 Å². The first-order valence-corrected chi connectivity index (χ1v) is 10.5. The van der Waals surface area contributed by atoms with E-state index in [9.17, 15) is 0 Å². The van der Waals surface area contributed by atoms with Crippen molar-refractivity contribution in [1.82, 2.24) is 5.32 Å². The van der Waals surface area contributed by atoms with E-state index >= 15 is 0 Å². The highest BCUT2D eigenvalue weighted by Crippen LogP contribution is 2.14. The van der Waals surface area contributed by atoms with Gasteiger partial charge in [-0.15, -0.1) is 0 Å². The fraction of sp³-hybridized carbons (Fsp3) is 1.00. The van der Waals surface area contributed by atoms with E-state index in [0.29, 0.717) is 0 Å². The monoisotopic (exact) mass is 311 g/mol. The second kappa shape index (κ2) is 19.0. The molecule has 1 atom stereocenters. The van der Waals surface area contributed by atoms with Crippen molar-refractivity contribution in [3.63, 3.8) is 0 Å². The number of hydrogen-bond acceptors (Lipinski definition) is 1. The van der Waals surface area contributed by atoms with Crippen LogP contribution in [0.5, 0.6) is 0 Å². The topological polar surface area (TPSA) is 12.0 Å². The van der Waals surface area contributed by atoms with E-state index in [2.05, 4.69) is 26.2 Å². The third kappa shape index (κ3) is 16.3. The molecule has 0 amide bonds. The lowest BCUT2D eigenvalue weighted by Gasteiger charge is -2.16. The molecule has 0 aliphatic carbocycles. The second-order valence-corrected chi connectivity index (χ2v) is 7.16. The summed E-state index contributed by atoms with van der Waals surface area (Å²) in [6.07, 6.45) is 24.3. The van der Waals surface area contributed by atoms with Gasteiger partial charge in [-0.2, -0.15) is 0 Å². The smallest absolute Gasteiger partial charge is 0.00640 e. The minimum atomic E-state index is 0.774. The number of unbranched alkanes of at least 4 members (excludes halogenated alkanes) is 13. The summed E-state index contributed by atoms with van der Waals surface area (Å²) >= 11 is 0. The zero-order valence-corrected chi connectivity index (χ0v) is 16.1. The molecule has 0 rings (SSSR count). The van der Waals surface area contributed by atoms with E-state index < -0.39 is 0 Å². The zero-order chi connectivity index (χ0) is 16.3. The van der Waals surface area contributed by atoms with Gasteiger partial charge in [-0.1, -0.05) is 110 Å². The molecule has 1 unspecified atom stereocenters. The van der Waals surface area contributed by atoms with Gasteiger partial charge in [-0.3, -0.25) is 0 Å². The van der Waals surface area contributed by atoms with E-state index in [0.717, 1.165) is 6.04 Å². The number of rotatable bonds is 18. The van der Waals surface area contributed by atoms with Crippen LogP contribution in [-0.4, -0.2) is 13.1 Å². The van der Waals surface area contributed by atoms with Gasteiger partial charge in [0.25, 0.3) is 0 Å². The maximum atomic E-state index is 3.53. The summed E-state index contributed by atoms with van der Waals surface area (Å²) in [7, 11) is 2.15. The Morgan fingerprint density at radius 1 is 0.500 bits per heavy atom. The molecule has 0 aliphatic rings. The quantitative estimate of drug-likeness (QED) is 0.263. The highest BCUT2D eigenvalue weighted by Gasteiger charge is 2.05. The zero-order valence-electron chi connectivity index (χ0n) is 16.1. The van der Waals surface area contributed by atoms with Crippen LogP contribution >= 0.6 is 0 Å². The average molecular weight is 312 g/mol. The van der Waals surface area contributed by atoms with Crippen LogP contribution in [0.15, 0.2) is 0 Å². The van der Waals surface area contributed by atoms with Crippen LogP contribution in [0, 0.1) is 0 Å². The van der Waals surface area contributed by atoms with E-state index in [1.165, 1.54) is 109 Å². The summed E-state index contributed by atoms with van der Waals surface area (Å²) in [4.78, 5) is 0. The van der Waals surface area contributed by atoms with Gasteiger partial charge < -0.3 is 5.32 Å². The SMILES string of the molecule is CCCCCCCCCCC(CCCCCCCCC)NC. The molecule has 0 aromatic heterocycles. The first-order chi connectivity index (χ1) is 10.8. The summed E-state index contributed by atoms with van der Waals surface area (Å²) in [5.41, 5.74) is 0. The minimum Gasteiger partial charge on any atom is -0.317 e. The molecule has 0 spiro atoms. The average Bonchev–Trinajstić information content (AvgIpc) is 2.54. The summed E-state index contributed by atoms with van der Waals surface area (Å²) in [6, 6.07) is 0.774. The molecule has 0 fully saturated rings. The molecule has 0 radical (unpaired) electrons. The van der Waals surface area contributed by atoms with Gasteiger partial charge in [-0.25, -0.2) is 0 Å². The van der Waals surface area contributed by atoms with Gasteiger partial charge in [0.05, 0.1) is 0 Å². The largest absolute Gasteiger partial charge is 0.317 e. The van der Waals surface area contributed by atoms with Crippen molar-refractivity contribution in [3.05, 3.63) is 0 Å². The third-order valence-electron chi connectivity index (χ3n) is 4.97. The van der Waals surface area contributed by atoms with Crippen molar-refractivity contribution < 1.29 is 0 Å². The van der Waals surface area contributed by atoms with Crippen molar-refractivity contribution >= 4 is 0 Å². The molecule has 0 saturated heterocycles. The Morgan fingerprint density at radius 2 is 0.818 bits per heavy atom. The standard InChI is InChI=1S/C21H45N/c1-4-6-8-10-12-14-16-18-20-21(22-3)19-17-15-13-11-9-7-5-2/h21-22H,4-20H2,1-3H3. The number of hydrogen-bond donors (Lipinski definition) is 1. The van der Waals surface area contributed by atoms with Crippen molar-refractivity contribution in [2.75, 3.05) is 7.05 Å². The Labute approximate surface area is 142 Å². The van der Waals surface area contributed by atoms with Crippen LogP contribution in [0.3, 0.4) is 0 Å². The lowest BCUT2D eigenvalue weighted by Crippen LogP contribution is -2.24. The van der Waals surface area contributed by atoms with Gasteiger partial charge in [0.2, 0.25) is 0 Å². The van der Waals surface area contributed by atoms with Crippen LogP contribution in [0.1, 0.15) is 123 Å². The van der Waals surface area contributed by atoms with E-state index in [4.69, 9.17) is 0 Å². The molecule has 0 aliphatic heterocycles. The highest BCUT2D eigenvalue weighted by atomic mass is 14.9. The fourth-order valence-electron chi connectivity index (χ4n) is 3.31. The highest BCUT2D eigenvalue weighted by molar-refractivity contribution is 4.65. The molecule has 0 heterocycles. The predicted molar refractivity (Wildman–Crippen MR) is 103 cm³/mol. The second-order valence-electron chi connectivity index (χ2n) is 7.16. The molecule has 0 aromatic carbocycles. The van der Waals surface area contributed by atoms with Gasteiger partial charge in [-0.05, 0) is 19.9 Å². The first-order valence-electron chi connectivity index (χ1n) is 10.5. The predicted octanol–water partition coefficient (Wildman–Crippen LogP) is 7.25. The van der Waals surface area contributed by atoms with Crippen LogP contribution in [0.25, 0.3) is 0 Å². The van der Waals surface area contributed by atoms with E-state index in [1.807, 2.05) is 0 Å². The summed E-state index contributed by atoms with van der Waals surface area (Å²) in [5, 5.41) is 3.53. The Morgan fingerprint density at radius 3 is 1.14 bits per heavy atom. The molecular formula is C21H45N. The summed E-state index contributed by atoms with van der Waals surface area (Å²) in [5.74, 6) is 0. The summed E-state index contributed by atoms with van der Waals surface area (Å²) < 4.78 is 0. The first kappa shape index (κ1) is 22.0. The van der Waals surface area contributed by atoms with Crippen LogP contribution < -0.4 is 5.32 Å². The minimum absolute atomic E-state index is 0.774. The van der Waals surface area contributed by atoms with Crippen LogP contribution in [-0.2, 0) is 0 Å². The molecule has 0 saturated carbocycles. The normalized spacial score (nSPS) is 12.7. The fourth-order valence-corrected chi connectivity index (χ4v) is 3.31. The van der Waals surface area contributed by atoms with E-state index in [1.54, 1.807) is 0 Å². The maximum absolute atomic E-state index is 3.53. The van der Waals surface area contributed by atoms with Gasteiger partial charge in [0.15, 0.2) is 0 Å². The van der Waals surface area contributed by atoms with Crippen molar-refractivity contribution in [1.29, 1.82) is 0 Å². The molecule has 1 N–H and O–H groups in total. The molecule has 0 bridgehead atoms.